The maximum atomic E-state index is 10.8. The zero-order valence-electron chi connectivity index (χ0n) is 12.0. The molecule has 20 heavy (non-hydrogen) atoms. The predicted molar refractivity (Wildman–Crippen MR) is 74.3 cm³/mol. The molecule has 0 saturated heterocycles. The normalized spacial score (nSPS) is 11.9. The van der Waals surface area contributed by atoms with Gasteiger partial charge in [-0.3, -0.25) is 0 Å². The minimum atomic E-state index is -1.02. The van der Waals surface area contributed by atoms with Crippen LogP contribution in [0.1, 0.15) is 12.5 Å². The third-order valence-corrected chi connectivity index (χ3v) is 2.69. The van der Waals surface area contributed by atoms with E-state index >= 15 is 0 Å². The van der Waals surface area contributed by atoms with Gasteiger partial charge in [-0.25, -0.2) is 4.79 Å². The van der Waals surface area contributed by atoms with Crippen LogP contribution < -0.4 is 14.8 Å². The fraction of sp³-hybridized carbons (Fsp3) is 0.500. The molecular formula is C14H21NO5. The first-order chi connectivity index (χ1) is 9.58. The summed E-state index contributed by atoms with van der Waals surface area (Å²) in [6.07, 6.45) is -0.922. The number of ether oxygens (including phenoxy) is 3. The largest absolute Gasteiger partial charge is 0.493 e. The van der Waals surface area contributed by atoms with E-state index in [1.54, 1.807) is 13.2 Å². The molecule has 1 aromatic rings. The first kappa shape index (κ1) is 16.3. The molecule has 0 radical (unpaired) electrons. The van der Waals surface area contributed by atoms with Crippen LogP contribution in [0.25, 0.3) is 0 Å². The number of carboxylic acids is 1. The Morgan fingerprint density at radius 1 is 1.35 bits per heavy atom. The fourth-order valence-electron chi connectivity index (χ4n) is 1.57. The summed E-state index contributed by atoms with van der Waals surface area (Å²) in [5, 5.41) is 12.1. The summed E-state index contributed by atoms with van der Waals surface area (Å²) >= 11 is 0. The minimum absolute atomic E-state index is 0.419. The van der Waals surface area contributed by atoms with Crippen molar-refractivity contribution in [3.63, 3.8) is 0 Å². The van der Waals surface area contributed by atoms with E-state index in [-0.39, 0.29) is 0 Å². The molecule has 0 aliphatic heterocycles. The van der Waals surface area contributed by atoms with Gasteiger partial charge in [0.15, 0.2) is 17.6 Å². The number of methoxy groups -OCH3 is 2. The van der Waals surface area contributed by atoms with Crippen LogP contribution in [0.4, 0.5) is 0 Å². The molecule has 1 unspecified atom stereocenters. The van der Waals surface area contributed by atoms with E-state index < -0.39 is 12.1 Å². The third kappa shape index (κ3) is 5.07. The Labute approximate surface area is 118 Å². The van der Waals surface area contributed by atoms with Crippen molar-refractivity contribution in [3.8, 4) is 11.5 Å². The molecule has 0 spiro atoms. The van der Waals surface area contributed by atoms with Crippen molar-refractivity contribution in [3.05, 3.63) is 23.8 Å². The van der Waals surface area contributed by atoms with Crippen molar-refractivity contribution >= 4 is 5.97 Å². The average Bonchev–Trinajstić information content (AvgIpc) is 2.44. The van der Waals surface area contributed by atoms with Crippen molar-refractivity contribution in [1.29, 1.82) is 0 Å². The van der Waals surface area contributed by atoms with Crippen LogP contribution in [-0.4, -0.2) is 44.6 Å². The van der Waals surface area contributed by atoms with Gasteiger partial charge in [-0.15, -0.1) is 0 Å². The lowest BCUT2D eigenvalue weighted by Gasteiger charge is -2.15. The Kier molecular flexibility index (Phi) is 6.83. The van der Waals surface area contributed by atoms with E-state index in [9.17, 15) is 4.79 Å². The van der Waals surface area contributed by atoms with Gasteiger partial charge in [-0.2, -0.15) is 0 Å². The Hall–Kier alpha value is -1.79. The zero-order chi connectivity index (χ0) is 15.0. The molecular weight excluding hydrogens is 262 g/mol. The number of nitrogens with one attached hydrogen (secondary N) is 1. The van der Waals surface area contributed by atoms with Gasteiger partial charge in [0, 0.05) is 20.2 Å². The summed E-state index contributed by atoms with van der Waals surface area (Å²) in [4.78, 5) is 10.8. The molecule has 0 bridgehead atoms. The number of carbonyl (C=O) groups is 1. The van der Waals surface area contributed by atoms with E-state index in [0.29, 0.717) is 24.7 Å². The van der Waals surface area contributed by atoms with Gasteiger partial charge in [0.05, 0.1) is 13.7 Å². The van der Waals surface area contributed by atoms with E-state index in [4.69, 9.17) is 19.3 Å². The van der Waals surface area contributed by atoms with Crippen LogP contribution in [-0.2, 0) is 16.1 Å². The van der Waals surface area contributed by atoms with Crippen LogP contribution >= 0.6 is 0 Å². The molecule has 6 heteroatoms. The molecule has 0 aliphatic carbocycles. The molecule has 0 heterocycles. The van der Waals surface area contributed by atoms with E-state index in [2.05, 4.69) is 5.32 Å². The third-order valence-electron chi connectivity index (χ3n) is 2.69. The molecule has 0 aromatic heterocycles. The molecule has 1 aromatic carbocycles. The molecule has 0 aliphatic rings. The van der Waals surface area contributed by atoms with Crippen molar-refractivity contribution < 1.29 is 24.1 Å². The predicted octanol–water partition coefficient (Wildman–Crippen LogP) is 1.28. The van der Waals surface area contributed by atoms with E-state index in [1.807, 2.05) is 12.1 Å². The zero-order valence-corrected chi connectivity index (χ0v) is 12.0. The summed E-state index contributed by atoms with van der Waals surface area (Å²) in [5.41, 5.74) is 1.02. The number of aliphatic carboxylic acids is 1. The second-order valence-corrected chi connectivity index (χ2v) is 4.25. The summed E-state index contributed by atoms with van der Waals surface area (Å²) in [6, 6.07) is 5.40. The maximum Gasteiger partial charge on any atom is 0.344 e. The van der Waals surface area contributed by atoms with Crippen LogP contribution in [0.5, 0.6) is 11.5 Å². The van der Waals surface area contributed by atoms with Gasteiger partial charge in [-0.1, -0.05) is 6.07 Å². The lowest BCUT2D eigenvalue weighted by Crippen LogP contribution is -2.23. The number of rotatable bonds is 9. The lowest BCUT2D eigenvalue weighted by molar-refractivity contribution is -0.144. The minimum Gasteiger partial charge on any atom is -0.493 e. The van der Waals surface area contributed by atoms with Crippen LogP contribution in [0, 0.1) is 0 Å². The number of hydrogen-bond acceptors (Lipinski definition) is 5. The van der Waals surface area contributed by atoms with Gasteiger partial charge >= 0.3 is 5.97 Å². The van der Waals surface area contributed by atoms with Crippen LogP contribution in [0.2, 0.25) is 0 Å². The fourth-order valence-corrected chi connectivity index (χ4v) is 1.57. The number of hydrogen-bond donors (Lipinski definition) is 2. The lowest BCUT2D eigenvalue weighted by atomic mass is 10.2. The first-order valence-electron chi connectivity index (χ1n) is 6.34. The summed E-state index contributed by atoms with van der Waals surface area (Å²) in [6.45, 7) is 3.55. The molecule has 6 nitrogen and oxygen atoms in total. The average molecular weight is 283 g/mol. The number of benzene rings is 1. The highest BCUT2D eigenvalue weighted by Gasteiger charge is 2.15. The summed E-state index contributed by atoms with van der Waals surface area (Å²) < 4.78 is 15.5. The Morgan fingerprint density at radius 3 is 2.70 bits per heavy atom. The summed E-state index contributed by atoms with van der Waals surface area (Å²) in [7, 11) is 3.18. The Bertz CT molecular complexity index is 436. The maximum absolute atomic E-state index is 10.8. The molecule has 2 N–H and O–H groups in total. The monoisotopic (exact) mass is 283 g/mol. The van der Waals surface area contributed by atoms with Crippen molar-refractivity contribution in [2.24, 2.45) is 0 Å². The molecule has 0 fully saturated rings. The number of carboxylic acid groups (broad SMARTS) is 1. The van der Waals surface area contributed by atoms with Crippen LogP contribution in [0.3, 0.4) is 0 Å². The highest BCUT2D eigenvalue weighted by Crippen LogP contribution is 2.29. The van der Waals surface area contributed by atoms with Gasteiger partial charge in [0.1, 0.15) is 0 Å². The molecule has 112 valence electrons. The summed E-state index contributed by atoms with van der Waals surface area (Å²) in [5.74, 6) is -0.0791. The Balaban J connectivity index is 2.67. The van der Waals surface area contributed by atoms with Gasteiger partial charge < -0.3 is 24.6 Å². The SMILES string of the molecule is COCCNCc1ccc(OC(C)C(=O)O)c(OC)c1. The van der Waals surface area contributed by atoms with E-state index in [1.165, 1.54) is 14.0 Å². The molecule has 1 atom stereocenters. The highest BCUT2D eigenvalue weighted by atomic mass is 16.5. The molecule has 1 rings (SSSR count). The highest BCUT2D eigenvalue weighted by molar-refractivity contribution is 5.72. The Morgan fingerprint density at radius 2 is 2.10 bits per heavy atom. The van der Waals surface area contributed by atoms with Gasteiger partial charge in [0.25, 0.3) is 0 Å². The van der Waals surface area contributed by atoms with Crippen molar-refractivity contribution in [2.75, 3.05) is 27.4 Å². The molecule has 0 saturated carbocycles. The van der Waals surface area contributed by atoms with Crippen molar-refractivity contribution in [1.82, 2.24) is 5.32 Å². The quantitative estimate of drug-likeness (QED) is 0.665. The van der Waals surface area contributed by atoms with Crippen molar-refractivity contribution in [2.45, 2.75) is 19.6 Å². The second kappa shape index (κ2) is 8.39. The molecule has 0 amide bonds. The second-order valence-electron chi connectivity index (χ2n) is 4.25. The van der Waals surface area contributed by atoms with Crippen LogP contribution in [0.15, 0.2) is 18.2 Å². The van der Waals surface area contributed by atoms with Gasteiger partial charge in [-0.05, 0) is 24.6 Å². The first-order valence-corrected chi connectivity index (χ1v) is 6.34. The van der Waals surface area contributed by atoms with E-state index in [0.717, 1.165) is 12.1 Å². The standard InChI is InChI=1S/C14H21NO5/c1-10(14(16)17)20-12-5-4-11(8-13(12)19-3)9-15-6-7-18-2/h4-5,8,10,15H,6-7,9H2,1-3H3,(H,16,17). The topological polar surface area (TPSA) is 77.0 Å². The smallest absolute Gasteiger partial charge is 0.344 e. The van der Waals surface area contributed by atoms with Gasteiger partial charge in [0.2, 0.25) is 0 Å².